The summed E-state index contributed by atoms with van der Waals surface area (Å²) in [5.41, 5.74) is 3.51. The van der Waals surface area contributed by atoms with Crippen LogP contribution in [0.5, 0.6) is 0 Å². The van der Waals surface area contributed by atoms with Crippen molar-refractivity contribution in [2.24, 2.45) is 0 Å². The maximum atomic E-state index is 13.2. The minimum atomic E-state index is -0.324. The second kappa shape index (κ2) is 9.35. The largest absolute Gasteiger partial charge is 0.350 e. The lowest BCUT2D eigenvalue weighted by molar-refractivity contribution is -0.121. The Balaban J connectivity index is 1.70. The molecule has 156 valence electrons. The molecule has 7 heteroatoms. The molecule has 0 unspecified atom stereocenters. The highest BCUT2D eigenvalue weighted by Crippen LogP contribution is 2.19. The van der Waals surface area contributed by atoms with E-state index >= 15 is 0 Å². The Kier molecular flexibility index (Phi) is 6.61. The second-order valence-electron chi connectivity index (χ2n) is 7.02. The molecule has 0 atom stereocenters. The SMILES string of the molecule is CCN(CC(=O)NCc1ccc(F)cc1)C(=O)c1c(C)nn(-c2ccccc2)c1C. The molecule has 0 radical (unpaired) electrons. The van der Waals surface area contributed by atoms with Gasteiger partial charge in [-0.05, 0) is 50.6 Å². The van der Waals surface area contributed by atoms with Gasteiger partial charge in [0.25, 0.3) is 5.91 Å². The predicted molar refractivity (Wildman–Crippen MR) is 113 cm³/mol. The number of amides is 2. The summed E-state index contributed by atoms with van der Waals surface area (Å²) in [7, 11) is 0. The van der Waals surface area contributed by atoms with Gasteiger partial charge in [0.1, 0.15) is 5.82 Å². The normalized spacial score (nSPS) is 10.7. The van der Waals surface area contributed by atoms with Gasteiger partial charge in [0, 0.05) is 13.1 Å². The molecule has 2 aromatic carbocycles. The molecule has 1 N–H and O–H groups in total. The van der Waals surface area contributed by atoms with Crippen LogP contribution in [0.1, 0.15) is 34.2 Å². The van der Waals surface area contributed by atoms with Gasteiger partial charge in [0.05, 0.1) is 29.2 Å². The van der Waals surface area contributed by atoms with E-state index in [2.05, 4.69) is 10.4 Å². The third-order valence-electron chi connectivity index (χ3n) is 4.91. The minimum Gasteiger partial charge on any atom is -0.350 e. The average molecular weight is 408 g/mol. The van der Waals surface area contributed by atoms with Crippen LogP contribution in [-0.4, -0.2) is 39.6 Å². The fraction of sp³-hybridized carbons (Fsp3) is 0.261. The number of rotatable bonds is 7. The maximum absolute atomic E-state index is 13.2. The smallest absolute Gasteiger partial charge is 0.258 e. The molecule has 0 aliphatic carbocycles. The molecule has 1 aromatic heterocycles. The van der Waals surface area contributed by atoms with Gasteiger partial charge in [-0.3, -0.25) is 9.59 Å². The molecule has 0 aliphatic heterocycles. The summed E-state index contributed by atoms with van der Waals surface area (Å²) in [6.45, 7) is 6.07. The maximum Gasteiger partial charge on any atom is 0.258 e. The van der Waals surface area contributed by atoms with Crippen molar-refractivity contribution in [1.82, 2.24) is 20.0 Å². The molecule has 2 amide bonds. The molecule has 0 spiro atoms. The molecule has 30 heavy (non-hydrogen) atoms. The molecule has 0 saturated heterocycles. The first-order valence-corrected chi connectivity index (χ1v) is 9.82. The standard InChI is InChI=1S/C23H25FN4O2/c1-4-27(15-21(29)25-14-18-10-12-19(24)13-11-18)23(30)22-16(2)26-28(17(22)3)20-8-6-5-7-9-20/h5-13H,4,14-15H2,1-3H3,(H,25,29). The summed E-state index contributed by atoms with van der Waals surface area (Å²) in [5, 5.41) is 7.29. The molecule has 3 aromatic rings. The van der Waals surface area contributed by atoms with Gasteiger partial charge in [-0.25, -0.2) is 9.07 Å². The minimum absolute atomic E-state index is 0.0636. The van der Waals surface area contributed by atoms with Crippen molar-refractivity contribution in [3.05, 3.63) is 82.9 Å². The Bertz CT molecular complexity index is 1030. The van der Waals surface area contributed by atoms with E-state index in [9.17, 15) is 14.0 Å². The third kappa shape index (κ3) is 4.74. The summed E-state index contributed by atoms with van der Waals surface area (Å²) < 4.78 is 14.7. The van der Waals surface area contributed by atoms with Crippen LogP contribution in [0.4, 0.5) is 4.39 Å². The summed E-state index contributed by atoms with van der Waals surface area (Å²) in [5.74, 6) is -0.832. The first-order valence-electron chi connectivity index (χ1n) is 9.82. The van der Waals surface area contributed by atoms with Gasteiger partial charge in [0.15, 0.2) is 0 Å². The van der Waals surface area contributed by atoms with Crippen LogP contribution in [0.25, 0.3) is 5.69 Å². The number of halogens is 1. The molecule has 6 nitrogen and oxygen atoms in total. The number of carbonyl (C=O) groups is 2. The highest BCUT2D eigenvalue weighted by atomic mass is 19.1. The zero-order chi connectivity index (χ0) is 21.7. The fourth-order valence-corrected chi connectivity index (χ4v) is 3.29. The summed E-state index contributed by atoms with van der Waals surface area (Å²) in [4.78, 5) is 27.0. The van der Waals surface area contributed by atoms with Crippen molar-refractivity contribution >= 4 is 11.8 Å². The van der Waals surface area contributed by atoms with Crippen LogP contribution >= 0.6 is 0 Å². The first kappa shape index (κ1) is 21.2. The van der Waals surface area contributed by atoms with E-state index in [0.29, 0.717) is 17.8 Å². The van der Waals surface area contributed by atoms with Crippen molar-refractivity contribution in [1.29, 1.82) is 0 Å². The lowest BCUT2D eigenvalue weighted by atomic mass is 10.1. The number of carbonyl (C=O) groups excluding carboxylic acids is 2. The van der Waals surface area contributed by atoms with E-state index < -0.39 is 0 Å². The van der Waals surface area contributed by atoms with Gasteiger partial charge >= 0.3 is 0 Å². The quantitative estimate of drug-likeness (QED) is 0.652. The zero-order valence-electron chi connectivity index (χ0n) is 17.4. The highest BCUT2D eigenvalue weighted by molar-refractivity contribution is 5.98. The van der Waals surface area contributed by atoms with E-state index in [-0.39, 0.29) is 30.7 Å². The van der Waals surface area contributed by atoms with Crippen molar-refractivity contribution in [2.45, 2.75) is 27.3 Å². The Hall–Kier alpha value is -3.48. The second-order valence-corrected chi connectivity index (χ2v) is 7.02. The number of para-hydroxylation sites is 1. The number of hydrogen-bond acceptors (Lipinski definition) is 3. The number of benzene rings is 2. The van der Waals surface area contributed by atoms with Crippen LogP contribution in [0.2, 0.25) is 0 Å². The predicted octanol–water partition coefficient (Wildman–Crippen LogP) is 3.41. The van der Waals surface area contributed by atoms with Crippen LogP contribution in [0.15, 0.2) is 54.6 Å². The number of likely N-dealkylation sites (N-methyl/N-ethyl adjacent to an activating group) is 1. The van der Waals surface area contributed by atoms with E-state index in [1.165, 1.54) is 17.0 Å². The zero-order valence-corrected chi connectivity index (χ0v) is 17.4. The Morgan fingerprint density at radius 2 is 1.73 bits per heavy atom. The van der Waals surface area contributed by atoms with E-state index in [0.717, 1.165) is 16.9 Å². The number of nitrogens with zero attached hydrogens (tertiary/aromatic N) is 3. The Morgan fingerprint density at radius 1 is 1.07 bits per heavy atom. The topological polar surface area (TPSA) is 67.2 Å². The summed E-state index contributed by atoms with van der Waals surface area (Å²) >= 11 is 0. The van der Waals surface area contributed by atoms with Crippen molar-refractivity contribution in [2.75, 3.05) is 13.1 Å². The lowest BCUT2D eigenvalue weighted by Crippen LogP contribution is -2.40. The van der Waals surface area contributed by atoms with Crippen molar-refractivity contribution in [3.8, 4) is 5.69 Å². The van der Waals surface area contributed by atoms with Gasteiger partial charge in [-0.15, -0.1) is 0 Å². The number of aromatic nitrogens is 2. The summed E-state index contributed by atoms with van der Waals surface area (Å²) in [6, 6.07) is 15.5. The number of hydrogen-bond donors (Lipinski definition) is 1. The first-order chi connectivity index (χ1) is 14.4. The van der Waals surface area contributed by atoms with Crippen LogP contribution in [0.3, 0.4) is 0 Å². The summed E-state index contributed by atoms with van der Waals surface area (Å²) in [6.07, 6.45) is 0. The van der Waals surface area contributed by atoms with Gasteiger partial charge in [-0.1, -0.05) is 30.3 Å². The molecule has 0 aliphatic rings. The van der Waals surface area contributed by atoms with E-state index in [1.807, 2.05) is 44.2 Å². The molecular formula is C23H25FN4O2. The monoisotopic (exact) mass is 408 g/mol. The molecule has 3 rings (SSSR count). The van der Waals surface area contributed by atoms with Gasteiger partial charge < -0.3 is 10.2 Å². The van der Waals surface area contributed by atoms with Crippen LogP contribution < -0.4 is 5.32 Å². The molecule has 0 saturated carbocycles. The molecular weight excluding hydrogens is 383 g/mol. The molecule has 1 heterocycles. The van der Waals surface area contributed by atoms with Crippen molar-refractivity contribution in [3.63, 3.8) is 0 Å². The fourth-order valence-electron chi connectivity index (χ4n) is 3.29. The Morgan fingerprint density at radius 3 is 2.37 bits per heavy atom. The van der Waals surface area contributed by atoms with Crippen LogP contribution in [0, 0.1) is 19.7 Å². The van der Waals surface area contributed by atoms with Crippen LogP contribution in [-0.2, 0) is 11.3 Å². The molecule has 0 bridgehead atoms. The number of aryl methyl sites for hydroxylation is 1. The number of nitrogens with one attached hydrogen (secondary N) is 1. The highest BCUT2D eigenvalue weighted by Gasteiger charge is 2.24. The van der Waals surface area contributed by atoms with E-state index in [4.69, 9.17) is 0 Å². The Labute approximate surface area is 175 Å². The third-order valence-corrected chi connectivity index (χ3v) is 4.91. The van der Waals surface area contributed by atoms with Gasteiger partial charge in [0.2, 0.25) is 5.91 Å². The van der Waals surface area contributed by atoms with Crippen molar-refractivity contribution < 1.29 is 14.0 Å². The average Bonchev–Trinajstić information content (AvgIpc) is 3.05. The lowest BCUT2D eigenvalue weighted by Gasteiger charge is -2.20. The molecule has 0 fully saturated rings. The van der Waals surface area contributed by atoms with E-state index in [1.54, 1.807) is 23.7 Å². The van der Waals surface area contributed by atoms with Gasteiger partial charge in [-0.2, -0.15) is 5.10 Å².